The van der Waals surface area contributed by atoms with Gasteiger partial charge >= 0.3 is 0 Å². The van der Waals surface area contributed by atoms with Crippen molar-refractivity contribution >= 4 is 0 Å². The highest BCUT2D eigenvalue weighted by Crippen LogP contribution is 2.09. The zero-order valence-electron chi connectivity index (χ0n) is 14.8. The van der Waals surface area contributed by atoms with E-state index in [9.17, 15) is 0 Å². The molecule has 0 fully saturated rings. The number of nitrogens with one attached hydrogen (secondary N) is 2. The van der Waals surface area contributed by atoms with Gasteiger partial charge in [-0.2, -0.15) is 5.26 Å². The third kappa shape index (κ3) is 9.55. The SMILES string of the molecule is CC.CCC(CC)NCCCNCC1=CCC=C(C#N)C=C1. The second-order valence-electron chi connectivity index (χ2n) is 5.12. The van der Waals surface area contributed by atoms with E-state index in [-0.39, 0.29) is 0 Å². The minimum atomic E-state index is 0.665. The van der Waals surface area contributed by atoms with Gasteiger partial charge in [-0.1, -0.05) is 45.9 Å². The van der Waals surface area contributed by atoms with Gasteiger partial charge in [-0.15, -0.1) is 0 Å². The Bertz CT molecular complexity index is 395. The quantitative estimate of drug-likeness (QED) is 0.630. The van der Waals surface area contributed by atoms with Crippen LogP contribution in [0, 0.1) is 11.3 Å². The summed E-state index contributed by atoms with van der Waals surface area (Å²) in [6, 6.07) is 2.85. The van der Waals surface area contributed by atoms with Gasteiger partial charge in [-0.25, -0.2) is 0 Å². The van der Waals surface area contributed by atoms with Gasteiger partial charge in [-0.3, -0.25) is 0 Å². The normalized spacial score (nSPS) is 13.6. The maximum atomic E-state index is 8.85. The molecule has 1 rings (SSSR count). The van der Waals surface area contributed by atoms with E-state index in [1.54, 1.807) is 0 Å². The Hall–Kier alpha value is -1.37. The molecular weight excluding hydrogens is 270 g/mol. The molecule has 0 atom stereocenters. The lowest BCUT2D eigenvalue weighted by Gasteiger charge is -2.14. The fourth-order valence-electron chi connectivity index (χ4n) is 2.21. The van der Waals surface area contributed by atoms with Crippen molar-refractivity contribution in [1.82, 2.24) is 10.6 Å². The molecule has 0 radical (unpaired) electrons. The molecular formula is C19H33N3. The van der Waals surface area contributed by atoms with Gasteiger partial charge in [0.2, 0.25) is 0 Å². The second-order valence-corrected chi connectivity index (χ2v) is 5.12. The number of nitriles is 1. The van der Waals surface area contributed by atoms with E-state index in [0.717, 1.165) is 38.0 Å². The summed E-state index contributed by atoms with van der Waals surface area (Å²) < 4.78 is 0. The summed E-state index contributed by atoms with van der Waals surface area (Å²) >= 11 is 0. The average Bonchev–Trinajstić information content (AvgIpc) is 2.81. The second kappa shape index (κ2) is 14.6. The Morgan fingerprint density at radius 3 is 2.50 bits per heavy atom. The van der Waals surface area contributed by atoms with Crippen LogP contribution in [0.4, 0.5) is 0 Å². The van der Waals surface area contributed by atoms with E-state index in [2.05, 4.69) is 36.6 Å². The molecule has 0 saturated heterocycles. The fraction of sp³-hybridized carbons (Fsp3) is 0.632. The summed E-state index contributed by atoms with van der Waals surface area (Å²) in [7, 11) is 0. The zero-order chi connectivity index (χ0) is 16.6. The van der Waals surface area contributed by atoms with Crippen LogP contribution in [0.2, 0.25) is 0 Å². The highest BCUT2D eigenvalue weighted by atomic mass is 14.9. The molecule has 1 aliphatic rings. The molecule has 1 aliphatic carbocycles. The largest absolute Gasteiger partial charge is 0.314 e. The molecule has 0 aliphatic heterocycles. The molecule has 0 heterocycles. The predicted molar refractivity (Wildman–Crippen MR) is 96.7 cm³/mol. The Balaban J connectivity index is 0.00000211. The van der Waals surface area contributed by atoms with Crippen LogP contribution in [0.15, 0.2) is 35.5 Å². The Morgan fingerprint density at radius 2 is 1.86 bits per heavy atom. The van der Waals surface area contributed by atoms with Gasteiger partial charge in [-0.05, 0) is 50.4 Å². The van der Waals surface area contributed by atoms with Crippen molar-refractivity contribution in [2.24, 2.45) is 0 Å². The molecule has 124 valence electrons. The van der Waals surface area contributed by atoms with Gasteiger partial charge in [0.1, 0.15) is 0 Å². The van der Waals surface area contributed by atoms with Crippen LogP contribution in [0.3, 0.4) is 0 Å². The molecule has 3 nitrogen and oxygen atoms in total. The Labute approximate surface area is 137 Å². The van der Waals surface area contributed by atoms with E-state index in [1.807, 2.05) is 32.1 Å². The van der Waals surface area contributed by atoms with Crippen LogP contribution < -0.4 is 10.6 Å². The minimum absolute atomic E-state index is 0.665. The van der Waals surface area contributed by atoms with E-state index in [0.29, 0.717) is 6.04 Å². The molecule has 0 amide bonds. The smallest absolute Gasteiger partial charge is 0.0988 e. The lowest BCUT2D eigenvalue weighted by Crippen LogP contribution is -2.30. The topological polar surface area (TPSA) is 47.8 Å². The summed E-state index contributed by atoms with van der Waals surface area (Å²) in [5.41, 5.74) is 2.02. The molecule has 0 saturated carbocycles. The third-order valence-corrected chi connectivity index (χ3v) is 3.60. The molecule has 0 bridgehead atoms. The van der Waals surface area contributed by atoms with Crippen molar-refractivity contribution in [2.75, 3.05) is 19.6 Å². The van der Waals surface area contributed by atoms with Gasteiger partial charge in [0.15, 0.2) is 0 Å². The van der Waals surface area contributed by atoms with Crippen molar-refractivity contribution in [2.45, 2.75) is 59.4 Å². The van der Waals surface area contributed by atoms with Crippen molar-refractivity contribution in [3.8, 4) is 6.07 Å². The fourth-order valence-corrected chi connectivity index (χ4v) is 2.21. The minimum Gasteiger partial charge on any atom is -0.314 e. The highest BCUT2D eigenvalue weighted by molar-refractivity contribution is 5.40. The third-order valence-electron chi connectivity index (χ3n) is 3.60. The molecule has 0 aromatic carbocycles. The molecule has 22 heavy (non-hydrogen) atoms. The first-order valence-electron chi connectivity index (χ1n) is 8.71. The average molecular weight is 303 g/mol. The molecule has 0 unspecified atom stereocenters. The van der Waals surface area contributed by atoms with Crippen molar-refractivity contribution < 1.29 is 0 Å². The lowest BCUT2D eigenvalue weighted by atomic mass is 10.2. The van der Waals surface area contributed by atoms with Crippen molar-refractivity contribution in [1.29, 1.82) is 5.26 Å². The molecule has 0 aromatic heterocycles. The standard InChI is InChI=1S/C17H27N3.C2H6/c1-3-17(4-2)20-12-6-11-19-14-16-8-5-7-15(13-18)9-10-16;1-2/h7-10,17,19-20H,3-6,11-12,14H2,1-2H3;1-2H3. The summed E-state index contributed by atoms with van der Waals surface area (Å²) in [5.74, 6) is 0. The maximum Gasteiger partial charge on any atom is 0.0988 e. The predicted octanol–water partition coefficient (Wildman–Crippen LogP) is 4.11. The van der Waals surface area contributed by atoms with Crippen LogP contribution in [-0.4, -0.2) is 25.7 Å². The summed E-state index contributed by atoms with van der Waals surface area (Å²) in [6.07, 6.45) is 12.5. The van der Waals surface area contributed by atoms with Crippen LogP contribution in [0.25, 0.3) is 0 Å². The summed E-state index contributed by atoms with van der Waals surface area (Å²) in [6.45, 7) is 11.4. The van der Waals surface area contributed by atoms with Gasteiger partial charge in [0.05, 0.1) is 6.07 Å². The van der Waals surface area contributed by atoms with Crippen LogP contribution in [0.5, 0.6) is 0 Å². The first-order chi connectivity index (χ1) is 10.8. The summed E-state index contributed by atoms with van der Waals surface area (Å²) in [4.78, 5) is 0. The molecule has 0 spiro atoms. The Kier molecular flexibility index (Phi) is 13.7. The molecule has 3 heteroatoms. The van der Waals surface area contributed by atoms with Crippen LogP contribution in [-0.2, 0) is 0 Å². The molecule has 0 aromatic rings. The van der Waals surface area contributed by atoms with Gasteiger partial charge in [0.25, 0.3) is 0 Å². The van der Waals surface area contributed by atoms with E-state index in [4.69, 9.17) is 5.26 Å². The van der Waals surface area contributed by atoms with E-state index in [1.165, 1.54) is 18.4 Å². The maximum absolute atomic E-state index is 8.85. The number of nitrogens with zero attached hydrogens (tertiary/aromatic N) is 1. The number of allylic oxidation sites excluding steroid dienone is 4. The zero-order valence-corrected chi connectivity index (χ0v) is 14.8. The number of hydrogen-bond donors (Lipinski definition) is 2. The number of hydrogen-bond acceptors (Lipinski definition) is 3. The van der Waals surface area contributed by atoms with Crippen molar-refractivity contribution in [3.05, 3.63) is 35.5 Å². The highest BCUT2D eigenvalue weighted by Gasteiger charge is 2.01. The number of rotatable bonds is 9. The molecule has 2 N–H and O–H groups in total. The van der Waals surface area contributed by atoms with Crippen LogP contribution in [0.1, 0.15) is 53.4 Å². The van der Waals surface area contributed by atoms with E-state index >= 15 is 0 Å². The van der Waals surface area contributed by atoms with Gasteiger partial charge in [0, 0.05) is 18.2 Å². The van der Waals surface area contributed by atoms with Gasteiger partial charge < -0.3 is 10.6 Å². The van der Waals surface area contributed by atoms with E-state index < -0.39 is 0 Å². The van der Waals surface area contributed by atoms with Crippen LogP contribution >= 0.6 is 0 Å². The first kappa shape index (κ1) is 20.6. The first-order valence-corrected chi connectivity index (χ1v) is 8.71. The Morgan fingerprint density at radius 1 is 1.14 bits per heavy atom. The monoisotopic (exact) mass is 303 g/mol. The summed E-state index contributed by atoms with van der Waals surface area (Å²) in [5, 5.41) is 15.9. The van der Waals surface area contributed by atoms with Crippen molar-refractivity contribution in [3.63, 3.8) is 0 Å². The lowest BCUT2D eigenvalue weighted by molar-refractivity contribution is 0.474.